The maximum Gasteiger partial charge on any atom is 0.257 e. The van der Waals surface area contributed by atoms with E-state index < -0.39 is 0 Å². The molecular weight excluding hydrogens is 378 g/mol. The van der Waals surface area contributed by atoms with E-state index in [1.165, 1.54) is 5.56 Å². The molecule has 1 N–H and O–H groups in total. The molecule has 0 atom stereocenters. The van der Waals surface area contributed by atoms with E-state index in [0.29, 0.717) is 11.9 Å². The number of nitrogens with one attached hydrogen (secondary N) is 1. The molecule has 0 bridgehead atoms. The van der Waals surface area contributed by atoms with Gasteiger partial charge in [-0.15, -0.1) is 0 Å². The number of carbonyl (C=O) groups excluding carboxylic acids is 1. The number of pyridine rings is 1. The zero-order chi connectivity index (χ0) is 21.1. The fourth-order valence-electron chi connectivity index (χ4n) is 3.80. The third kappa shape index (κ3) is 4.45. The van der Waals surface area contributed by atoms with Crippen LogP contribution in [-0.2, 0) is 24.9 Å². The van der Waals surface area contributed by atoms with E-state index in [9.17, 15) is 9.59 Å². The fourth-order valence-corrected chi connectivity index (χ4v) is 3.80. The number of ether oxygens (including phenoxy) is 1. The summed E-state index contributed by atoms with van der Waals surface area (Å²) in [5, 5.41) is 3.45. The molecule has 1 aliphatic rings. The number of aryl methyl sites for hydroxylation is 2. The van der Waals surface area contributed by atoms with Crippen LogP contribution in [-0.4, -0.2) is 41.7 Å². The van der Waals surface area contributed by atoms with Crippen LogP contribution in [0.15, 0.2) is 53.5 Å². The minimum absolute atomic E-state index is 0.167. The molecule has 1 fully saturated rings. The van der Waals surface area contributed by atoms with Crippen molar-refractivity contribution < 1.29 is 9.53 Å². The van der Waals surface area contributed by atoms with Crippen LogP contribution in [0.2, 0.25) is 0 Å². The van der Waals surface area contributed by atoms with Crippen molar-refractivity contribution in [3.05, 3.63) is 81.1 Å². The molecule has 4 rings (SSSR count). The van der Waals surface area contributed by atoms with E-state index >= 15 is 0 Å². The average molecular weight is 405 g/mol. The molecule has 1 amide bonds. The lowest BCUT2D eigenvalue weighted by Gasteiger charge is -2.26. The molecule has 2 aromatic carbocycles. The van der Waals surface area contributed by atoms with Crippen molar-refractivity contribution in [2.45, 2.75) is 20.0 Å². The predicted molar refractivity (Wildman–Crippen MR) is 118 cm³/mol. The van der Waals surface area contributed by atoms with Crippen LogP contribution in [0.25, 0.3) is 10.9 Å². The van der Waals surface area contributed by atoms with E-state index in [2.05, 4.69) is 10.2 Å². The number of nitrogens with zero attached hydrogens (tertiary/aromatic N) is 2. The molecule has 0 saturated carbocycles. The predicted octanol–water partition coefficient (Wildman–Crippen LogP) is 2.61. The van der Waals surface area contributed by atoms with E-state index in [-0.39, 0.29) is 16.9 Å². The Morgan fingerprint density at radius 3 is 2.50 bits per heavy atom. The Morgan fingerprint density at radius 1 is 1.07 bits per heavy atom. The Kier molecular flexibility index (Phi) is 5.97. The van der Waals surface area contributed by atoms with E-state index in [0.717, 1.165) is 49.5 Å². The minimum Gasteiger partial charge on any atom is -0.379 e. The Hall–Kier alpha value is -2.96. The third-order valence-electron chi connectivity index (χ3n) is 5.58. The van der Waals surface area contributed by atoms with Gasteiger partial charge in [0.2, 0.25) is 5.43 Å². The SMILES string of the molecule is Cc1ccc(CNC(=O)c2cn(C)c3ccc(CN4CCOCC4)cc3c2=O)cc1. The molecule has 3 aromatic rings. The van der Waals surface area contributed by atoms with E-state index in [4.69, 9.17) is 4.74 Å². The van der Waals surface area contributed by atoms with Crippen LogP contribution in [0.5, 0.6) is 0 Å². The van der Waals surface area contributed by atoms with Gasteiger partial charge in [-0.2, -0.15) is 0 Å². The smallest absolute Gasteiger partial charge is 0.257 e. The van der Waals surface area contributed by atoms with Crippen molar-refractivity contribution in [2.24, 2.45) is 7.05 Å². The topological polar surface area (TPSA) is 63.6 Å². The first-order valence-corrected chi connectivity index (χ1v) is 10.3. The number of aromatic nitrogens is 1. The molecule has 0 spiro atoms. The van der Waals surface area contributed by atoms with Crippen LogP contribution < -0.4 is 10.7 Å². The minimum atomic E-state index is -0.350. The van der Waals surface area contributed by atoms with Crippen LogP contribution in [0, 0.1) is 6.92 Å². The highest BCUT2D eigenvalue weighted by Crippen LogP contribution is 2.16. The summed E-state index contributed by atoms with van der Waals surface area (Å²) < 4.78 is 7.25. The van der Waals surface area contributed by atoms with Gasteiger partial charge in [-0.3, -0.25) is 14.5 Å². The summed E-state index contributed by atoms with van der Waals surface area (Å²) in [6.07, 6.45) is 1.62. The number of rotatable bonds is 5. The second kappa shape index (κ2) is 8.81. The summed E-state index contributed by atoms with van der Waals surface area (Å²) >= 11 is 0. The number of hydrogen-bond acceptors (Lipinski definition) is 4. The van der Waals surface area contributed by atoms with Gasteiger partial charge in [0, 0.05) is 44.8 Å². The van der Waals surface area contributed by atoms with Gasteiger partial charge in [-0.25, -0.2) is 0 Å². The number of morpholine rings is 1. The lowest BCUT2D eigenvalue weighted by atomic mass is 10.1. The summed E-state index contributed by atoms with van der Waals surface area (Å²) in [5.74, 6) is -0.350. The Balaban J connectivity index is 1.58. The summed E-state index contributed by atoms with van der Waals surface area (Å²) in [4.78, 5) is 28.2. The zero-order valence-corrected chi connectivity index (χ0v) is 17.5. The molecule has 30 heavy (non-hydrogen) atoms. The van der Waals surface area contributed by atoms with Crippen molar-refractivity contribution in [2.75, 3.05) is 26.3 Å². The number of benzene rings is 2. The van der Waals surface area contributed by atoms with Gasteiger partial charge in [0.15, 0.2) is 0 Å². The third-order valence-corrected chi connectivity index (χ3v) is 5.58. The summed E-state index contributed by atoms with van der Waals surface area (Å²) in [5.41, 5.74) is 3.99. The van der Waals surface area contributed by atoms with E-state index in [1.54, 1.807) is 6.20 Å². The van der Waals surface area contributed by atoms with Crippen LogP contribution in [0.3, 0.4) is 0 Å². The Labute approximate surface area is 176 Å². The summed E-state index contributed by atoms with van der Waals surface area (Å²) in [6.45, 7) is 6.43. The van der Waals surface area contributed by atoms with Crippen molar-refractivity contribution in [3.63, 3.8) is 0 Å². The van der Waals surface area contributed by atoms with Crippen molar-refractivity contribution in [1.29, 1.82) is 0 Å². The van der Waals surface area contributed by atoms with Crippen molar-refractivity contribution in [1.82, 2.24) is 14.8 Å². The monoisotopic (exact) mass is 405 g/mol. The molecule has 156 valence electrons. The maximum atomic E-state index is 13.1. The number of amides is 1. The van der Waals surface area contributed by atoms with E-state index in [1.807, 2.05) is 61.0 Å². The molecule has 6 heteroatoms. The van der Waals surface area contributed by atoms with Crippen LogP contribution in [0.1, 0.15) is 27.0 Å². The molecular formula is C24H27N3O3. The molecule has 0 aliphatic carbocycles. The molecule has 1 aromatic heterocycles. The lowest BCUT2D eigenvalue weighted by Crippen LogP contribution is -2.35. The summed E-state index contributed by atoms with van der Waals surface area (Å²) in [6, 6.07) is 13.9. The van der Waals surface area contributed by atoms with Crippen LogP contribution >= 0.6 is 0 Å². The first kappa shape index (κ1) is 20.3. The maximum absolute atomic E-state index is 13.1. The molecule has 1 aliphatic heterocycles. The second-order valence-electron chi connectivity index (χ2n) is 7.89. The largest absolute Gasteiger partial charge is 0.379 e. The molecule has 1 saturated heterocycles. The van der Waals surface area contributed by atoms with Gasteiger partial charge in [0.05, 0.1) is 18.7 Å². The Morgan fingerprint density at radius 2 is 1.77 bits per heavy atom. The standard InChI is InChI=1S/C24H27N3O3/c1-17-3-5-18(6-4-17)14-25-24(29)21-16-26(2)22-8-7-19(13-20(22)23(21)28)15-27-9-11-30-12-10-27/h3-8,13,16H,9-12,14-15H2,1-2H3,(H,25,29). The first-order chi connectivity index (χ1) is 14.5. The summed E-state index contributed by atoms with van der Waals surface area (Å²) in [7, 11) is 1.86. The number of hydrogen-bond donors (Lipinski definition) is 1. The molecule has 0 unspecified atom stereocenters. The van der Waals surface area contributed by atoms with Crippen molar-refractivity contribution >= 4 is 16.8 Å². The normalized spacial score (nSPS) is 14.7. The zero-order valence-electron chi connectivity index (χ0n) is 17.5. The van der Waals surface area contributed by atoms with Gasteiger partial charge in [-0.05, 0) is 30.2 Å². The highest BCUT2D eigenvalue weighted by molar-refractivity contribution is 5.97. The van der Waals surface area contributed by atoms with Gasteiger partial charge < -0.3 is 14.6 Å². The first-order valence-electron chi connectivity index (χ1n) is 10.3. The second-order valence-corrected chi connectivity index (χ2v) is 7.89. The van der Waals surface area contributed by atoms with Crippen molar-refractivity contribution in [3.8, 4) is 0 Å². The average Bonchev–Trinajstić information content (AvgIpc) is 2.76. The lowest BCUT2D eigenvalue weighted by molar-refractivity contribution is 0.0342. The van der Waals surface area contributed by atoms with Gasteiger partial charge >= 0.3 is 0 Å². The number of fused-ring (bicyclic) bond motifs is 1. The van der Waals surface area contributed by atoms with Crippen LogP contribution in [0.4, 0.5) is 0 Å². The molecule has 0 radical (unpaired) electrons. The van der Waals surface area contributed by atoms with Gasteiger partial charge in [0.25, 0.3) is 5.91 Å². The number of carbonyl (C=O) groups is 1. The highest BCUT2D eigenvalue weighted by atomic mass is 16.5. The Bertz CT molecular complexity index is 1110. The highest BCUT2D eigenvalue weighted by Gasteiger charge is 2.16. The quantitative estimate of drug-likeness (QED) is 0.709. The molecule has 2 heterocycles. The fraction of sp³-hybridized carbons (Fsp3) is 0.333. The van der Waals surface area contributed by atoms with Gasteiger partial charge in [-0.1, -0.05) is 35.9 Å². The molecule has 6 nitrogen and oxygen atoms in total. The van der Waals surface area contributed by atoms with Gasteiger partial charge in [0.1, 0.15) is 5.56 Å².